The quantitative estimate of drug-likeness (QED) is 0.601. The molecule has 0 atom stereocenters. The van der Waals surface area contributed by atoms with Crippen molar-refractivity contribution in [3.8, 4) is 0 Å². The molecule has 1 saturated carbocycles. The van der Waals surface area contributed by atoms with Crippen LogP contribution >= 0.6 is 0 Å². The summed E-state index contributed by atoms with van der Waals surface area (Å²) in [5.41, 5.74) is 1.24. The maximum Gasteiger partial charge on any atom is 0.191 e. The fourth-order valence-electron chi connectivity index (χ4n) is 2.84. The molecule has 1 fully saturated rings. The molecular formula is C17H26FN3O. The fraction of sp³-hybridized carbons (Fsp3) is 0.588. The Balaban J connectivity index is 1.80. The predicted molar refractivity (Wildman–Crippen MR) is 87.4 cm³/mol. The van der Waals surface area contributed by atoms with Crippen LogP contribution in [-0.2, 0) is 11.3 Å². The van der Waals surface area contributed by atoms with Crippen LogP contribution in [0.1, 0.15) is 31.2 Å². The van der Waals surface area contributed by atoms with Crippen LogP contribution in [-0.4, -0.2) is 33.3 Å². The van der Waals surface area contributed by atoms with Gasteiger partial charge in [-0.05, 0) is 42.4 Å². The first-order valence-corrected chi connectivity index (χ1v) is 7.85. The molecule has 0 amide bonds. The number of guanidine groups is 1. The fourth-order valence-corrected chi connectivity index (χ4v) is 2.84. The molecule has 0 spiro atoms. The van der Waals surface area contributed by atoms with Gasteiger partial charge in [0.25, 0.3) is 0 Å². The molecule has 122 valence electrons. The molecule has 0 radical (unpaired) electrons. The molecule has 1 aromatic rings. The summed E-state index contributed by atoms with van der Waals surface area (Å²) in [7, 11) is 3.50. The van der Waals surface area contributed by atoms with E-state index in [1.165, 1.54) is 31.4 Å². The van der Waals surface area contributed by atoms with Crippen LogP contribution in [0.15, 0.2) is 29.3 Å². The monoisotopic (exact) mass is 307 g/mol. The summed E-state index contributed by atoms with van der Waals surface area (Å²) in [5.74, 6) is 0.545. The zero-order chi connectivity index (χ0) is 15.8. The molecule has 0 saturated heterocycles. The Labute approximate surface area is 132 Å². The summed E-state index contributed by atoms with van der Waals surface area (Å²) in [6.07, 6.45) is 4.85. The lowest BCUT2D eigenvalue weighted by Gasteiger charge is -2.42. The summed E-state index contributed by atoms with van der Waals surface area (Å²) in [6, 6.07) is 6.60. The van der Waals surface area contributed by atoms with Gasteiger partial charge in [0, 0.05) is 33.9 Å². The summed E-state index contributed by atoms with van der Waals surface area (Å²) < 4.78 is 18.4. The second kappa shape index (κ2) is 8.13. The Morgan fingerprint density at radius 2 is 2.18 bits per heavy atom. The van der Waals surface area contributed by atoms with Crippen LogP contribution in [0.5, 0.6) is 0 Å². The van der Waals surface area contributed by atoms with Crippen molar-refractivity contribution in [3.05, 3.63) is 35.6 Å². The Bertz CT molecular complexity index is 500. The number of halogens is 1. The van der Waals surface area contributed by atoms with E-state index in [1.807, 2.05) is 6.07 Å². The van der Waals surface area contributed by atoms with Crippen molar-refractivity contribution >= 4 is 5.96 Å². The number of aliphatic imine (C=N–C) groups is 1. The van der Waals surface area contributed by atoms with Crippen molar-refractivity contribution in [1.82, 2.24) is 10.6 Å². The van der Waals surface area contributed by atoms with Crippen LogP contribution in [0.3, 0.4) is 0 Å². The Morgan fingerprint density at radius 3 is 2.77 bits per heavy atom. The molecule has 2 N–H and O–H groups in total. The molecule has 5 heteroatoms. The Morgan fingerprint density at radius 1 is 1.36 bits per heavy atom. The van der Waals surface area contributed by atoms with Crippen molar-refractivity contribution in [2.24, 2.45) is 10.4 Å². The minimum absolute atomic E-state index is 0.213. The topological polar surface area (TPSA) is 45.7 Å². The maximum atomic E-state index is 13.2. The first-order valence-electron chi connectivity index (χ1n) is 7.85. The molecule has 1 aliphatic rings. The highest BCUT2D eigenvalue weighted by molar-refractivity contribution is 5.79. The van der Waals surface area contributed by atoms with E-state index in [9.17, 15) is 4.39 Å². The van der Waals surface area contributed by atoms with Gasteiger partial charge in [0.1, 0.15) is 5.82 Å². The van der Waals surface area contributed by atoms with Gasteiger partial charge in [-0.25, -0.2) is 4.39 Å². The van der Waals surface area contributed by atoms with Gasteiger partial charge in [-0.1, -0.05) is 18.6 Å². The van der Waals surface area contributed by atoms with Gasteiger partial charge in [0.05, 0.1) is 0 Å². The van der Waals surface area contributed by atoms with Gasteiger partial charge in [0.2, 0.25) is 0 Å². The predicted octanol–water partition coefficient (Wildman–Crippen LogP) is 2.70. The number of hydrogen-bond acceptors (Lipinski definition) is 2. The molecule has 1 aliphatic carbocycles. The molecule has 0 heterocycles. The first kappa shape index (κ1) is 16.7. The van der Waals surface area contributed by atoms with E-state index in [2.05, 4.69) is 15.6 Å². The van der Waals surface area contributed by atoms with Crippen molar-refractivity contribution in [2.75, 3.05) is 27.3 Å². The molecule has 0 bridgehead atoms. The van der Waals surface area contributed by atoms with Gasteiger partial charge < -0.3 is 15.4 Å². The normalized spacial score (nSPS) is 17.0. The molecule has 2 rings (SSSR count). The van der Waals surface area contributed by atoms with Crippen LogP contribution < -0.4 is 10.6 Å². The second-order valence-electron chi connectivity index (χ2n) is 6.01. The number of hydrogen-bond donors (Lipinski definition) is 2. The van der Waals surface area contributed by atoms with E-state index in [0.717, 1.165) is 31.1 Å². The van der Waals surface area contributed by atoms with E-state index in [1.54, 1.807) is 20.2 Å². The number of methoxy groups -OCH3 is 1. The third-order valence-corrected chi connectivity index (χ3v) is 4.45. The maximum absolute atomic E-state index is 13.2. The Hall–Kier alpha value is -1.62. The molecule has 0 aromatic heterocycles. The molecule has 0 unspecified atom stereocenters. The van der Waals surface area contributed by atoms with E-state index >= 15 is 0 Å². The average molecular weight is 307 g/mol. The smallest absolute Gasteiger partial charge is 0.191 e. The zero-order valence-electron chi connectivity index (χ0n) is 13.5. The highest BCUT2D eigenvalue weighted by Gasteiger charge is 2.36. The highest BCUT2D eigenvalue weighted by Crippen LogP contribution is 2.43. The van der Waals surface area contributed by atoms with E-state index < -0.39 is 0 Å². The van der Waals surface area contributed by atoms with Crippen molar-refractivity contribution in [2.45, 2.75) is 32.2 Å². The van der Waals surface area contributed by atoms with Gasteiger partial charge in [0.15, 0.2) is 5.96 Å². The lowest BCUT2D eigenvalue weighted by atomic mass is 9.67. The molecular weight excluding hydrogens is 281 g/mol. The van der Waals surface area contributed by atoms with Crippen molar-refractivity contribution in [3.63, 3.8) is 0 Å². The van der Waals surface area contributed by atoms with Gasteiger partial charge in [-0.15, -0.1) is 0 Å². The lowest BCUT2D eigenvalue weighted by Crippen LogP contribution is -2.46. The summed E-state index contributed by atoms with van der Waals surface area (Å²) in [5, 5.41) is 6.63. The van der Waals surface area contributed by atoms with Crippen molar-refractivity contribution in [1.29, 1.82) is 0 Å². The Kier molecular flexibility index (Phi) is 6.19. The molecule has 1 aromatic carbocycles. The van der Waals surface area contributed by atoms with Crippen LogP contribution in [0.25, 0.3) is 0 Å². The molecule has 4 nitrogen and oxygen atoms in total. The zero-order valence-corrected chi connectivity index (χ0v) is 13.5. The standard InChI is InChI=1S/C17H26FN3O/c1-19-16(20-12-14-5-3-6-15(18)11-14)21-13-17(7-4-8-17)9-10-22-2/h3,5-6,11H,4,7-10,12-13H2,1-2H3,(H2,19,20,21). The SMILES string of the molecule is CN=C(NCc1cccc(F)c1)NCC1(CCOC)CCC1. The first-order chi connectivity index (χ1) is 10.7. The van der Waals surface area contributed by atoms with Gasteiger partial charge in [-0.3, -0.25) is 4.99 Å². The average Bonchev–Trinajstić information content (AvgIpc) is 2.48. The van der Waals surface area contributed by atoms with Crippen LogP contribution in [0, 0.1) is 11.2 Å². The minimum atomic E-state index is -0.213. The summed E-state index contributed by atoms with van der Waals surface area (Å²) >= 11 is 0. The third-order valence-electron chi connectivity index (χ3n) is 4.45. The lowest BCUT2D eigenvalue weighted by molar-refractivity contribution is 0.0732. The highest BCUT2D eigenvalue weighted by atomic mass is 19.1. The second-order valence-corrected chi connectivity index (χ2v) is 6.01. The number of ether oxygens (including phenoxy) is 1. The third kappa shape index (κ3) is 4.70. The van der Waals surface area contributed by atoms with Crippen LogP contribution in [0.4, 0.5) is 4.39 Å². The molecule has 0 aliphatic heterocycles. The number of nitrogens with zero attached hydrogens (tertiary/aromatic N) is 1. The minimum Gasteiger partial charge on any atom is -0.385 e. The summed E-state index contributed by atoms with van der Waals surface area (Å²) in [6.45, 7) is 2.26. The largest absolute Gasteiger partial charge is 0.385 e. The van der Waals surface area contributed by atoms with E-state index in [-0.39, 0.29) is 5.82 Å². The van der Waals surface area contributed by atoms with E-state index in [4.69, 9.17) is 4.74 Å². The number of rotatable bonds is 7. The van der Waals surface area contributed by atoms with Gasteiger partial charge in [-0.2, -0.15) is 0 Å². The van der Waals surface area contributed by atoms with Crippen LogP contribution in [0.2, 0.25) is 0 Å². The number of nitrogens with one attached hydrogen (secondary N) is 2. The van der Waals surface area contributed by atoms with Gasteiger partial charge >= 0.3 is 0 Å². The van der Waals surface area contributed by atoms with Crippen molar-refractivity contribution < 1.29 is 9.13 Å². The summed E-state index contributed by atoms with van der Waals surface area (Å²) in [4.78, 5) is 4.24. The molecule has 22 heavy (non-hydrogen) atoms. The number of benzene rings is 1. The van der Waals surface area contributed by atoms with E-state index in [0.29, 0.717) is 12.0 Å².